The zero-order chi connectivity index (χ0) is 19.1. The first-order valence-electron chi connectivity index (χ1n) is 9.45. The number of rotatable bonds is 2. The van der Waals surface area contributed by atoms with Gasteiger partial charge in [-0.1, -0.05) is 64.1 Å². The molecule has 0 radical (unpaired) electrons. The second kappa shape index (κ2) is 9.56. The Bertz CT molecular complexity index is 590. The van der Waals surface area contributed by atoms with E-state index in [4.69, 9.17) is 9.47 Å². The summed E-state index contributed by atoms with van der Waals surface area (Å²) in [4.78, 5) is 25.0. The van der Waals surface area contributed by atoms with Gasteiger partial charge in [0, 0.05) is 0 Å². The van der Waals surface area contributed by atoms with E-state index in [9.17, 15) is 9.59 Å². The van der Waals surface area contributed by atoms with Gasteiger partial charge in [0.15, 0.2) is 0 Å². The lowest BCUT2D eigenvalue weighted by Crippen LogP contribution is -2.24. The highest BCUT2D eigenvalue weighted by Crippen LogP contribution is 2.23. The van der Waals surface area contributed by atoms with Crippen LogP contribution in [0.2, 0.25) is 0 Å². The first kappa shape index (κ1) is 20.2. The SMILES string of the molecule is CC(C)[C@@H]1C/C=C\C[C@@H](C(C)C)C(=O)OCc2ccccc2COC1=O. The Morgan fingerprint density at radius 3 is 1.50 bits per heavy atom. The number of benzene rings is 1. The van der Waals surface area contributed by atoms with Gasteiger partial charge in [-0.15, -0.1) is 0 Å². The van der Waals surface area contributed by atoms with E-state index >= 15 is 0 Å². The van der Waals surface area contributed by atoms with E-state index in [0.29, 0.717) is 12.8 Å². The van der Waals surface area contributed by atoms with E-state index in [-0.39, 0.29) is 48.8 Å². The molecule has 4 heteroatoms. The molecule has 0 saturated heterocycles. The minimum atomic E-state index is -0.175. The number of hydrogen-bond donors (Lipinski definition) is 0. The summed E-state index contributed by atoms with van der Waals surface area (Å²) < 4.78 is 11.1. The van der Waals surface area contributed by atoms with E-state index in [1.165, 1.54) is 0 Å². The summed E-state index contributed by atoms with van der Waals surface area (Å²) in [6.07, 6.45) is 5.23. The molecule has 2 rings (SSSR count). The first-order valence-corrected chi connectivity index (χ1v) is 9.45. The monoisotopic (exact) mass is 358 g/mol. The maximum atomic E-state index is 12.5. The molecule has 142 valence electrons. The van der Waals surface area contributed by atoms with Gasteiger partial charge in [0.1, 0.15) is 13.2 Å². The van der Waals surface area contributed by atoms with Crippen molar-refractivity contribution in [3.05, 3.63) is 47.5 Å². The van der Waals surface area contributed by atoms with Gasteiger partial charge in [0.05, 0.1) is 11.8 Å². The Kier molecular flexibility index (Phi) is 7.43. The van der Waals surface area contributed by atoms with Crippen molar-refractivity contribution in [2.75, 3.05) is 0 Å². The number of carbonyl (C=O) groups is 2. The van der Waals surface area contributed by atoms with E-state index < -0.39 is 0 Å². The Morgan fingerprint density at radius 2 is 1.15 bits per heavy atom. The highest BCUT2D eigenvalue weighted by Gasteiger charge is 2.25. The summed E-state index contributed by atoms with van der Waals surface area (Å²) in [5.41, 5.74) is 1.76. The zero-order valence-electron chi connectivity index (χ0n) is 16.2. The van der Waals surface area contributed by atoms with Crippen molar-refractivity contribution in [1.82, 2.24) is 0 Å². The first-order chi connectivity index (χ1) is 12.4. The molecule has 0 bridgehead atoms. The van der Waals surface area contributed by atoms with E-state index in [2.05, 4.69) is 0 Å². The molecule has 1 aromatic carbocycles. The van der Waals surface area contributed by atoms with Crippen molar-refractivity contribution in [1.29, 1.82) is 0 Å². The fourth-order valence-corrected chi connectivity index (χ4v) is 3.12. The van der Waals surface area contributed by atoms with Crippen LogP contribution >= 0.6 is 0 Å². The van der Waals surface area contributed by atoms with Gasteiger partial charge in [-0.25, -0.2) is 0 Å². The van der Waals surface area contributed by atoms with Gasteiger partial charge >= 0.3 is 11.9 Å². The number of hydrogen-bond acceptors (Lipinski definition) is 4. The zero-order valence-corrected chi connectivity index (χ0v) is 16.2. The lowest BCUT2D eigenvalue weighted by Gasteiger charge is -2.21. The molecule has 0 aliphatic carbocycles. The van der Waals surface area contributed by atoms with Crippen LogP contribution in [0.5, 0.6) is 0 Å². The van der Waals surface area contributed by atoms with Gasteiger partial charge in [-0.2, -0.15) is 0 Å². The smallest absolute Gasteiger partial charge is 0.309 e. The number of esters is 2. The molecular weight excluding hydrogens is 328 g/mol. The van der Waals surface area contributed by atoms with E-state index in [0.717, 1.165) is 11.1 Å². The molecule has 2 atom stereocenters. The maximum Gasteiger partial charge on any atom is 0.309 e. The van der Waals surface area contributed by atoms with Crippen LogP contribution < -0.4 is 0 Å². The van der Waals surface area contributed by atoms with Crippen LogP contribution in [-0.2, 0) is 32.3 Å². The molecule has 0 N–H and O–H groups in total. The molecule has 1 aromatic rings. The van der Waals surface area contributed by atoms with Crippen molar-refractivity contribution in [3.8, 4) is 0 Å². The fourth-order valence-electron chi connectivity index (χ4n) is 3.12. The van der Waals surface area contributed by atoms with Gasteiger partial charge in [0.25, 0.3) is 0 Å². The average molecular weight is 358 g/mol. The van der Waals surface area contributed by atoms with Crippen LogP contribution in [0.15, 0.2) is 36.4 Å². The predicted molar refractivity (Wildman–Crippen MR) is 101 cm³/mol. The second-order valence-electron chi connectivity index (χ2n) is 7.63. The number of ether oxygens (including phenoxy) is 2. The number of carbonyl (C=O) groups excluding carboxylic acids is 2. The summed E-state index contributed by atoms with van der Waals surface area (Å²) in [6, 6.07) is 7.62. The Labute approximate surface area is 156 Å². The molecule has 0 fully saturated rings. The summed E-state index contributed by atoms with van der Waals surface area (Å²) in [6.45, 7) is 8.53. The van der Waals surface area contributed by atoms with Crippen LogP contribution in [-0.4, -0.2) is 11.9 Å². The molecule has 0 saturated carbocycles. The topological polar surface area (TPSA) is 52.6 Å². The van der Waals surface area contributed by atoms with Crippen molar-refractivity contribution in [2.45, 2.75) is 53.8 Å². The Morgan fingerprint density at radius 1 is 0.769 bits per heavy atom. The minimum absolute atomic E-state index is 0.172. The van der Waals surface area contributed by atoms with Crippen molar-refractivity contribution in [2.24, 2.45) is 23.7 Å². The highest BCUT2D eigenvalue weighted by molar-refractivity contribution is 5.73. The van der Waals surface area contributed by atoms with Crippen LogP contribution in [0.25, 0.3) is 0 Å². The largest absolute Gasteiger partial charge is 0.461 e. The molecule has 0 amide bonds. The number of allylic oxidation sites excluding steroid dienone is 2. The third kappa shape index (κ3) is 5.45. The van der Waals surface area contributed by atoms with E-state index in [1.54, 1.807) is 0 Å². The summed E-state index contributed by atoms with van der Waals surface area (Å²) >= 11 is 0. The van der Waals surface area contributed by atoms with Crippen LogP contribution in [0.3, 0.4) is 0 Å². The third-order valence-electron chi connectivity index (χ3n) is 5.02. The Balaban J connectivity index is 2.28. The summed E-state index contributed by atoms with van der Waals surface area (Å²) in [7, 11) is 0. The molecule has 1 aliphatic rings. The van der Waals surface area contributed by atoms with Gasteiger partial charge < -0.3 is 9.47 Å². The van der Waals surface area contributed by atoms with Crippen molar-refractivity contribution >= 4 is 11.9 Å². The minimum Gasteiger partial charge on any atom is -0.461 e. The molecule has 0 spiro atoms. The van der Waals surface area contributed by atoms with Crippen molar-refractivity contribution < 1.29 is 19.1 Å². The lowest BCUT2D eigenvalue weighted by molar-refractivity contribution is -0.153. The van der Waals surface area contributed by atoms with Crippen LogP contribution in [0, 0.1) is 23.7 Å². The highest BCUT2D eigenvalue weighted by atomic mass is 16.5. The molecule has 1 aliphatic heterocycles. The van der Waals surface area contributed by atoms with Crippen LogP contribution in [0.1, 0.15) is 51.7 Å². The summed E-state index contributed by atoms with van der Waals surface area (Å²) in [5, 5.41) is 0. The third-order valence-corrected chi connectivity index (χ3v) is 5.02. The van der Waals surface area contributed by atoms with E-state index in [1.807, 2.05) is 64.1 Å². The molecule has 26 heavy (non-hydrogen) atoms. The van der Waals surface area contributed by atoms with Gasteiger partial charge in [-0.05, 0) is 35.8 Å². The normalized spacial score (nSPS) is 23.8. The predicted octanol–water partition coefficient (Wildman–Crippen LogP) is 4.67. The molecule has 4 nitrogen and oxygen atoms in total. The molecule has 0 aromatic heterocycles. The average Bonchev–Trinajstić information content (AvgIpc) is 2.60. The fraction of sp³-hybridized carbons (Fsp3) is 0.545. The Hall–Kier alpha value is -2.10. The number of fused-ring (bicyclic) bond motifs is 1. The number of cyclic esters (lactones) is 2. The van der Waals surface area contributed by atoms with Crippen molar-refractivity contribution in [3.63, 3.8) is 0 Å². The maximum absolute atomic E-state index is 12.5. The molecule has 1 heterocycles. The molecular formula is C22H30O4. The summed E-state index contributed by atoms with van der Waals surface area (Å²) in [5.74, 6) is -0.304. The second-order valence-corrected chi connectivity index (χ2v) is 7.63. The molecule has 0 unspecified atom stereocenters. The quantitative estimate of drug-likeness (QED) is 0.569. The standard InChI is InChI=1S/C22H30O4/c1-15(2)19-11-7-8-12-20(16(3)4)22(24)26-14-18-10-6-5-9-17(18)13-25-21(19)23/h5-10,15-16,19-20H,11-14H2,1-4H3/b8-7-/t19-,20-/m0/s1. The lowest BCUT2D eigenvalue weighted by atomic mass is 9.90. The van der Waals surface area contributed by atoms with Gasteiger partial charge in [0.2, 0.25) is 0 Å². The van der Waals surface area contributed by atoms with Crippen LogP contribution in [0.4, 0.5) is 0 Å². The van der Waals surface area contributed by atoms with Gasteiger partial charge in [-0.3, -0.25) is 9.59 Å².